The Bertz CT molecular complexity index is 242. The van der Waals surface area contributed by atoms with Gasteiger partial charge >= 0.3 is 0 Å². The molecule has 2 nitrogen and oxygen atoms in total. The Hall–Kier alpha value is -1.40. The normalized spacial score (nSPS) is 22.4. The van der Waals surface area contributed by atoms with Crippen LogP contribution >= 0.6 is 0 Å². The zero-order valence-corrected chi connectivity index (χ0v) is 5.28. The Balaban J connectivity index is 2.79. The van der Waals surface area contributed by atoms with E-state index >= 15 is 0 Å². The molecule has 0 bridgehead atoms. The topological polar surface area (TPSA) is 34.1 Å². The highest BCUT2D eigenvalue weighted by atomic mass is 16.1. The summed E-state index contributed by atoms with van der Waals surface area (Å²) in [5.41, 5.74) is 0. The second kappa shape index (κ2) is 2.95. The van der Waals surface area contributed by atoms with Crippen LogP contribution in [0.25, 0.3) is 0 Å². The van der Waals surface area contributed by atoms with Crippen LogP contribution in [-0.4, -0.2) is 11.7 Å². The summed E-state index contributed by atoms with van der Waals surface area (Å²) in [5.74, 6) is 1.14. The number of carbonyl (C=O) groups is 1. The van der Waals surface area contributed by atoms with E-state index in [2.05, 4.69) is 0 Å². The van der Waals surface area contributed by atoms with Crippen molar-refractivity contribution in [2.24, 2.45) is 5.92 Å². The van der Waals surface area contributed by atoms with Gasteiger partial charge in [-0.3, -0.25) is 4.79 Å². The van der Waals surface area contributed by atoms with Gasteiger partial charge in [0.05, 0.1) is 5.92 Å². The summed E-state index contributed by atoms with van der Waals surface area (Å²) in [6, 6.07) is 0. The molecule has 1 unspecified atom stereocenters. The molecule has 0 aromatic rings. The SMILES string of the molecule is O=C=CC1C=CC=CC1=O. The molecule has 1 atom stereocenters. The van der Waals surface area contributed by atoms with Crippen molar-refractivity contribution in [3.05, 3.63) is 30.4 Å². The maximum atomic E-state index is 10.8. The van der Waals surface area contributed by atoms with E-state index in [4.69, 9.17) is 0 Å². The minimum Gasteiger partial charge on any atom is -0.294 e. The number of hydrogen-bond acceptors (Lipinski definition) is 2. The molecule has 0 N–H and O–H groups in total. The zero-order valence-electron chi connectivity index (χ0n) is 5.28. The van der Waals surface area contributed by atoms with Crippen molar-refractivity contribution in [3.8, 4) is 0 Å². The average Bonchev–Trinajstić information content (AvgIpc) is 1.94. The lowest BCUT2D eigenvalue weighted by molar-refractivity contribution is -0.115. The molecular weight excluding hydrogens is 128 g/mol. The van der Waals surface area contributed by atoms with Crippen LogP contribution < -0.4 is 0 Å². The molecule has 0 amide bonds. The highest BCUT2D eigenvalue weighted by molar-refractivity contribution is 5.96. The van der Waals surface area contributed by atoms with Crippen LogP contribution in [0, 0.1) is 5.92 Å². The van der Waals surface area contributed by atoms with Crippen molar-refractivity contribution >= 4 is 11.7 Å². The summed E-state index contributed by atoms with van der Waals surface area (Å²) in [4.78, 5) is 20.7. The van der Waals surface area contributed by atoms with Gasteiger partial charge in [-0.1, -0.05) is 18.2 Å². The maximum absolute atomic E-state index is 10.8. The molecule has 0 heterocycles. The quantitative estimate of drug-likeness (QED) is 0.494. The van der Waals surface area contributed by atoms with E-state index in [1.54, 1.807) is 24.2 Å². The van der Waals surface area contributed by atoms with E-state index in [9.17, 15) is 9.59 Å². The fourth-order valence-corrected chi connectivity index (χ4v) is 0.751. The lowest BCUT2D eigenvalue weighted by Crippen LogP contribution is -2.08. The van der Waals surface area contributed by atoms with Crippen LogP contribution in [0.2, 0.25) is 0 Å². The third kappa shape index (κ3) is 1.30. The van der Waals surface area contributed by atoms with Crippen LogP contribution in [0.3, 0.4) is 0 Å². The fourth-order valence-electron chi connectivity index (χ4n) is 0.751. The highest BCUT2D eigenvalue weighted by Crippen LogP contribution is 2.07. The number of carbonyl (C=O) groups excluding carboxylic acids is 2. The third-order valence-electron chi connectivity index (χ3n) is 1.27. The molecule has 0 aromatic carbocycles. The highest BCUT2D eigenvalue weighted by Gasteiger charge is 2.10. The molecule has 1 rings (SSSR count). The van der Waals surface area contributed by atoms with Gasteiger partial charge in [0.25, 0.3) is 0 Å². The molecule has 0 saturated heterocycles. The van der Waals surface area contributed by atoms with Gasteiger partial charge in [-0.2, -0.15) is 0 Å². The first-order valence-corrected chi connectivity index (χ1v) is 2.94. The molecule has 0 aromatic heterocycles. The molecule has 0 saturated carbocycles. The van der Waals surface area contributed by atoms with E-state index in [1.165, 1.54) is 12.2 Å². The molecule has 2 heteroatoms. The number of allylic oxidation sites excluding steroid dienone is 5. The van der Waals surface area contributed by atoms with E-state index in [-0.39, 0.29) is 11.7 Å². The van der Waals surface area contributed by atoms with Gasteiger partial charge in [0.2, 0.25) is 0 Å². The first-order valence-electron chi connectivity index (χ1n) is 2.94. The van der Waals surface area contributed by atoms with E-state index in [0.717, 1.165) is 0 Å². The number of rotatable bonds is 1. The van der Waals surface area contributed by atoms with Crippen molar-refractivity contribution in [2.75, 3.05) is 0 Å². The monoisotopic (exact) mass is 134 g/mol. The number of hydrogen-bond donors (Lipinski definition) is 0. The van der Waals surface area contributed by atoms with Crippen molar-refractivity contribution in [1.82, 2.24) is 0 Å². The van der Waals surface area contributed by atoms with E-state index in [1.807, 2.05) is 0 Å². The molecule has 10 heavy (non-hydrogen) atoms. The lowest BCUT2D eigenvalue weighted by Gasteiger charge is -2.02. The van der Waals surface area contributed by atoms with Gasteiger partial charge in [-0.15, -0.1) is 0 Å². The summed E-state index contributed by atoms with van der Waals surface area (Å²) in [7, 11) is 0. The molecule has 0 aliphatic heterocycles. The smallest absolute Gasteiger partial charge is 0.167 e. The zero-order chi connectivity index (χ0) is 7.40. The summed E-state index contributed by atoms with van der Waals surface area (Å²) in [6.07, 6.45) is 7.70. The summed E-state index contributed by atoms with van der Waals surface area (Å²) >= 11 is 0. The van der Waals surface area contributed by atoms with E-state index in [0.29, 0.717) is 0 Å². The van der Waals surface area contributed by atoms with Crippen LogP contribution in [0.5, 0.6) is 0 Å². The minimum atomic E-state index is -0.387. The van der Waals surface area contributed by atoms with Crippen LogP contribution in [0.1, 0.15) is 0 Å². The Kier molecular flexibility index (Phi) is 1.98. The Morgan fingerprint density at radius 1 is 1.50 bits per heavy atom. The van der Waals surface area contributed by atoms with Crippen molar-refractivity contribution in [3.63, 3.8) is 0 Å². The van der Waals surface area contributed by atoms with Gasteiger partial charge < -0.3 is 0 Å². The average molecular weight is 134 g/mol. The predicted octanol–water partition coefficient (Wildman–Crippen LogP) is 0.685. The number of ketones is 1. The molecule has 0 fully saturated rings. The van der Waals surface area contributed by atoms with Crippen molar-refractivity contribution < 1.29 is 9.59 Å². The standard InChI is InChI=1S/C8H6O2/c9-6-5-7-3-1-2-4-8(7)10/h1-5,7H. The van der Waals surface area contributed by atoms with Gasteiger partial charge in [-0.05, 0) is 6.08 Å². The Labute approximate surface area is 58.5 Å². The van der Waals surface area contributed by atoms with Gasteiger partial charge in [0, 0.05) is 6.08 Å². The molecule has 0 spiro atoms. The lowest BCUT2D eigenvalue weighted by atomic mass is 10.00. The largest absolute Gasteiger partial charge is 0.294 e. The van der Waals surface area contributed by atoms with Crippen LogP contribution in [0.4, 0.5) is 0 Å². The molecule has 1 aliphatic carbocycles. The van der Waals surface area contributed by atoms with Crippen LogP contribution in [0.15, 0.2) is 30.4 Å². The first-order chi connectivity index (χ1) is 4.84. The predicted molar refractivity (Wildman–Crippen MR) is 37.0 cm³/mol. The second-order valence-corrected chi connectivity index (χ2v) is 1.96. The summed E-state index contributed by atoms with van der Waals surface area (Å²) in [6.45, 7) is 0. The minimum absolute atomic E-state index is 0.0640. The summed E-state index contributed by atoms with van der Waals surface area (Å²) in [5, 5.41) is 0. The maximum Gasteiger partial charge on any atom is 0.167 e. The fraction of sp³-hybridized carbons (Fsp3) is 0.125. The molecule has 1 aliphatic rings. The van der Waals surface area contributed by atoms with Gasteiger partial charge in [0.1, 0.15) is 5.94 Å². The van der Waals surface area contributed by atoms with Crippen molar-refractivity contribution in [1.29, 1.82) is 0 Å². The Morgan fingerprint density at radius 3 is 2.90 bits per heavy atom. The second-order valence-electron chi connectivity index (χ2n) is 1.96. The molecule has 0 radical (unpaired) electrons. The summed E-state index contributed by atoms with van der Waals surface area (Å²) < 4.78 is 0. The Morgan fingerprint density at radius 2 is 2.30 bits per heavy atom. The molecule has 50 valence electrons. The third-order valence-corrected chi connectivity index (χ3v) is 1.27. The van der Waals surface area contributed by atoms with E-state index < -0.39 is 0 Å². The van der Waals surface area contributed by atoms with Crippen molar-refractivity contribution in [2.45, 2.75) is 0 Å². The molecular formula is C8H6O2. The first kappa shape index (κ1) is 6.72. The van der Waals surface area contributed by atoms with Gasteiger partial charge in [-0.25, -0.2) is 4.79 Å². The van der Waals surface area contributed by atoms with Gasteiger partial charge in [0.15, 0.2) is 5.78 Å². The van der Waals surface area contributed by atoms with Crippen LogP contribution in [-0.2, 0) is 9.59 Å².